The predicted molar refractivity (Wildman–Crippen MR) is 97.7 cm³/mol. The summed E-state index contributed by atoms with van der Waals surface area (Å²) in [5, 5.41) is 3.16. The molecule has 0 fully saturated rings. The van der Waals surface area contributed by atoms with Crippen molar-refractivity contribution in [3.8, 4) is 0 Å². The van der Waals surface area contributed by atoms with Crippen molar-refractivity contribution in [2.24, 2.45) is 0 Å². The number of aromatic amines is 1. The summed E-state index contributed by atoms with van der Waals surface area (Å²) < 4.78 is 5.51. The van der Waals surface area contributed by atoms with Crippen molar-refractivity contribution in [1.82, 2.24) is 9.97 Å². The van der Waals surface area contributed by atoms with E-state index in [0.29, 0.717) is 12.4 Å². The van der Waals surface area contributed by atoms with E-state index in [2.05, 4.69) is 22.2 Å². The molecule has 0 spiro atoms. The number of nitrogens with one attached hydrogen (secondary N) is 2. The van der Waals surface area contributed by atoms with Crippen molar-refractivity contribution in [3.05, 3.63) is 57.5 Å². The number of hydrogen-bond acceptors (Lipinski definition) is 4. The van der Waals surface area contributed by atoms with E-state index in [0.717, 1.165) is 55.8 Å². The fourth-order valence-corrected chi connectivity index (χ4v) is 2.43. The Balaban J connectivity index is 1.86. The van der Waals surface area contributed by atoms with Crippen LogP contribution in [-0.4, -0.2) is 29.7 Å². The van der Waals surface area contributed by atoms with Crippen LogP contribution in [-0.2, 0) is 11.2 Å². The number of hydrogen-bond donors (Lipinski definition) is 2. The quantitative estimate of drug-likeness (QED) is 0.656. The Morgan fingerprint density at radius 3 is 2.62 bits per heavy atom. The standard InChI is InChI=1S/C19H27N3O2/c1-3-4-12-24-13-8-11-20-19-21-15(2)17(18(23)22-19)14-16-9-6-5-7-10-16/h5-7,9-10H,3-4,8,11-14H2,1-2H3,(H2,20,21,22,23). The highest BCUT2D eigenvalue weighted by molar-refractivity contribution is 5.32. The number of aromatic nitrogens is 2. The summed E-state index contributed by atoms with van der Waals surface area (Å²) in [5.74, 6) is 0.530. The zero-order valence-corrected chi connectivity index (χ0v) is 14.6. The molecule has 0 atom stereocenters. The van der Waals surface area contributed by atoms with E-state index in [4.69, 9.17) is 4.74 Å². The Bertz CT molecular complexity index is 668. The van der Waals surface area contributed by atoms with E-state index in [1.165, 1.54) is 0 Å². The van der Waals surface area contributed by atoms with Crippen molar-refractivity contribution >= 4 is 5.95 Å². The molecule has 0 bridgehead atoms. The number of unbranched alkanes of at least 4 members (excludes halogenated alkanes) is 1. The Morgan fingerprint density at radius 1 is 1.17 bits per heavy atom. The van der Waals surface area contributed by atoms with Gasteiger partial charge in [-0.15, -0.1) is 0 Å². The monoisotopic (exact) mass is 329 g/mol. The predicted octanol–water partition coefficient (Wildman–Crippen LogP) is 3.29. The van der Waals surface area contributed by atoms with Gasteiger partial charge in [0.2, 0.25) is 5.95 Å². The topological polar surface area (TPSA) is 67.0 Å². The van der Waals surface area contributed by atoms with Crippen LogP contribution < -0.4 is 10.9 Å². The van der Waals surface area contributed by atoms with E-state index in [9.17, 15) is 4.79 Å². The lowest BCUT2D eigenvalue weighted by Crippen LogP contribution is -2.20. The Labute approximate surface area is 143 Å². The van der Waals surface area contributed by atoms with Gasteiger partial charge < -0.3 is 10.1 Å². The third kappa shape index (κ3) is 5.81. The maximum absolute atomic E-state index is 12.3. The highest BCUT2D eigenvalue weighted by atomic mass is 16.5. The second-order valence-corrected chi connectivity index (χ2v) is 5.89. The highest BCUT2D eigenvalue weighted by Crippen LogP contribution is 2.09. The second kappa shape index (κ2) is 9.88. The largest absolute Gasteiger partial charge is 0.381 e. The Morgan fingerprint density at radius 2 is 1.92 bits per heavy atom. The van der Waals surface area contributed by atoms with Crippen LogP contribution in [0.2, 0.25) is 0 Å². The maximum Gasteiger partial charge on any atom is 0.256 e. The lowest BCUT2D eigenvalue weighted by molar-refractivity contribution is 0.131. The van der Waals surface area contributed by atoms with Crippen LogP contribution in [0.4, 0.5) is 5.95 Å². The van der Waals surface area contributed by atoms with Crippen LogP contribution in [0, 0.1) is 6.92 Å². The van der Waals surface area contributed by atoms with Crippen LogP contribution in [0.5, 0.6) is 0 Å². The van der Waals surface area contributed by atoms with Gasteiger partial charge in [0.1, 0.15) is 0 Å². The van der Waals surface area contributed by atoms with Crippen LogP contribution in [0.1, 0.15) is 43.0 Å². The average molecular weight is 329 g/mol. The van der Waals surface area contributed by atoms with E-state index >= 15 is 0 Å². The zero-order chi connectivity index (χ0) is 17.2. The van der Waals surface area contributed by atoms with Crippen molar-refractivity contribution in [2.45, 2.75) is 39.5 Å². The van der Waals surface area contributed by atoms with Gasteiger partial charge in [-0.2, -0.15) is 0 Å². The molecule has 1 aromatic carbocycles. The molecular formula is C19H27N3O2. The molecule has 0 aliphatic carbocycles. The molecule has 0 aliphatic rings. The summed E-state index contributed by atoms with van der Waals surface area (Å²) in [7, 11) is 0. The van der Waals surface area contributed by atoms with Crippen molar-refractivity contribution in [1.29, 1.82) is 0 Å². The SMILES string of the molecule is CCCCOCCCNc1nc(C)c(Cc2ccccc2)c(=O)[nH]1. The lowest BCUT2D eigenvalue weighted by atomic mass is 10.1. The minimum atomic E-state index is -0.0759. The molecule has 0 amide bonds. The molecule has 1 aromatic heterocycles. The molecule has 1 heterocycles. The van der Waals surface area contributed by atoms with Crippen LogP contribution >= 0.6 is 0 Å². The third-order valence-electron chi connectivity index (χ3n) is 3.85. The molecule has 2 rings (SSSR count). The van der Waals surface area contributed by atoms with E-state index in [1.807, 2.05) is 37.3 Å². The highest BCUT2D eigenvalue weighted by Gasteiger charge is 2.08. The minimum Gasteiger partial charge on any atom is -0.381 e. The first-order valence-electron chi connectivity index (χ1n) is 8.66. The summed E-state index contributed by atoms with van der Waals surface area (Å²) >= 11 is 0. The number of H-pyrrole nitrogens is 1. The molecule has 2 N–H and O–H groups in total. The van der Waals surface area contributed by atoms with Gasteiger partial charge in [0.15, 0.2) is 0 Å². The number of aryl methyl sites for hydroxylation is 1. The number of anilines is 1. The van der Waals surface area contributed by atoms with Gasteiger partial charge in [0.25, 0.3) is 5.56 Å². The molecule has 0 aliphatic heterocycles. The van der Waals surface area contributed by atoms with Gasteiger partial charge in [-0.25, -0.2) is 4.98 Å². The smallest absolute Gasteiger partial charge is 0.256 e. The van der Waals surface area contributed by atoms with Crippen LogP contribution in [0.25, 0.3) is 0 Å². The lowest BCUT2D eigenvalue weighted by Gasteiger charge is -2.09. The molecular weight excluding hydrogens is 302 g/mol. The van der Waals surface area contributed by atoms with E-state index < -0.39 is 0 Å². The van der Waals surface area contributed by atoms with Gasteiger partial charge in [0, 0.05) is 31.7 Å². The number of benzene rings is 1. The van der Waals surface area contributed by atoms with Gasteiger partial charge in [-0.1, -0.05) is 43.7 Å². The molecule has 5 heteroatoms. The fourth-order valence-electron chi connectivity index (χ4n) is 2.43. The van der Waals surface area contributed by atoms with Gasteiger partial charge in [-0.3, -0.25) is 9.78 Å². The fraction of sp³-hybridized carbons (Fsp3) is 0.474. The van der Waals surface area contributed by atoms with E-state index in [-0.39, 0.29) is 5.56 Å². The summed E-state index contributed by atoms with van der Waals surface area (Å²) in [6.07, 6.45) is 3.74. The minimum absolute atomic E-state index is 0.0759. The molecule has 2 aromatic rings. The van der Waals surface area contributed by atoms with Crippen LogP contribution in [0.3, 0.4) is 0 Å². The van der Waals surface area contributed by atoms with E-state index in [1.54, 1.807) is 0 Å². The number of ether oxygens (including phenoxy) is 1. The summed E-state index contributed by atoms with van der Waals surface area (Å²) in [6.45, 7) is 6.30. The molecule has 0 saturated heterocycles. The van der Waals surface area contributed by atoms with Gasteiger partial charge in [0.05, 0.1) is 5.69 Å². The molecule has 0 unspecified atom stereocenters. The summed E-state index contributed by atoms with van der Waals surface area (Å²) in [5.41, 5.74) is 2.52. The summed E-state index contributed by atoms with van der Waals surface area (Å²) in [6, 6.07) is 9.96. The van der Waals surface area contributed by atoms with Gasteiger partial charge in [-0.05, 0) is 25.3 Å². The average Bonchev–Trinajstić information content (AvgIpc) is 2.58. The van der Waals surface area contributed by atoms with Gasteiger partial charge >= 0.3 is 0 Å². The second-order valence-electron chi connectivity index (χ2n) is 5.89. The molecule has 24 heavy (non-hydrogen) atoms. The number of rotatable bonds is 10. The van der Waals surface area contributed by atoms with Crippen molar-refractivity contribution in [2.75, 3.05) is 25.1 Å². The first-order valence-corrected chi connectivity index (χ1v) is 8.66. The zero-order valence-electron chi connectivity index (χ0n) is 14.6. The van der Waals surface area contributed by atoms with Crippen molar-refractivity contribution < 1.29 is 4.74 Å². The van der Waals surface area contributed by atoms with Crippen LogP contribution in [0.15, 0.2) is 35.1 Å². The third-order valence-corrected chi connectivity index (χ3v) is 3.85. The molecule has 5 nitrogen and oxygen atoms in total. The number of nitrogens with zero attached hydrogens (tertiary/aromatic N) is 1. The van der Waals surface area contributed by atoms with Crippen molar-refractivity contribution in [3.63, 3.8) is 0 Å². The summed E-state index contributed by atoms with van der Waals surface area (Å²) in [4.78, 5) is 19.6. The molecule has 0 radical (unpaired) electrons. The maximum atomic E-state index is 12.3. The first-order chi connectivity index (χ1) is 11.7. The Kier molecular flexibility index (Phi) is 7.49. The Hall–Kier alpha value is -2.14. The molecule has 130 valence electrons. The normalized spacial score (nSPS) is 10.8. The molecule has 0 saturated carbocycles. The first kappa shape index (κ1) is 18.2.